The maximum atomic E-state index is 11.5. The van der Waals surface area contributed by atoms with Gasteiger partial charge in [0, 0.05) is 15.6 Å². The lowest BCUT2D eigenvalue weighted by atomic mass is 10.1. The molecule has 0 bridgehead atoms. The molecule has 22 heavy (non-hydrogen) atoms. The maximum Gasteiger partial charge on any atom is 0.356 e. The predicted molar refractivity (Wildman–Crippen MR) is 90.0 cm³/mol. The zero-order valence-electron chi connectivity index (χ0n) is 11.1. The fourth-order valence-corrected chi connectivity index (χ4v) is 3.30. The van der Waals surface area contributed by atoms with Crippen LogP contribution in [0.2, 0.25) is 10.0 Å². The highest BCUT2D eigenvalue weighted by Gasteiger charge is 2.19. The largest absolute Gasteiger partial charge is 0.476 e. The van der Waals surface area contributed by atoms with Crippen LogP contribution < -0.4 is 0 Å². The fourth-order valence-electron chi connectivity index (χ4n) is 1.98. The third-order valence-electron chi connectivity index (χ3n) is 3.03. The first kappa shape index (κ1) is 15.0. The van der Waals surface area contributed by atoms with Crippen LogP contribution in [-0.4, -0.2) is 16.1 Å². The number of benzene rings is 2. The Morgan fingerprint density at radius 3 is 1.91 bits per heavy atom. The number of aromatic nitrogens is 1. The van der Waals surface area contributed by atoms with Crippen LogP contribution >= 0.6 is 34.5 Å². The summed E-state index contributed by atoms with van der Waals surface area (Å²) in [5.41, 5.74) is 1.65. The maximum absolute atomic E-state index is 11.5. The summed E-state index contributed by atoms with van der Waals surface area (Å²) in [6.07, 6.45) is 0. The van der Waals surface area contributed by atoms with Gasteiger partial charge in [0.05, 0.1) is 4.88 Å². The van der Waals surface area contributed by atoms with E-state index in [1.54, 1.807) is 36.4 Å². The molecule has 3 nitrogen and oxygen atoms in total. The topological polar surface area (TPSA) is 50.2 Å². The Balaban J connectivity index is 2.11. The van der Waals surface area contributed by atoms with Crippen molar-refractivity contribution in [2.45, 2.75) is 0 Å². The van der Waals surface area contributed by atoms with E-state index >= 15 is 0 Å². The second kappa shape index (κ2) is 6.08. The number of aromatic carboxylic acids is 1. The number of rotatable bonds is 3. The molecular formula is C16H9Cl2NO2S. The van der Waals surface area contributed by atoms with Crippen LogP contribution in [0, 0.1) is 0 Å². The number of thiazole rings is 1. The van der Waals surface area contributed by atoms with Crippen molar-refractivity contribution >= 4 is 40.5 Å². The summed E-state index contributed by atoms with van der Waals surface area (Å²) in [5, 5.41) is 11.2. The molecule has 0 spiro atoms. The molecule has 0 radical (unpaired) electrons. The van der Waals surface area contributed by atoms with E-state index in [4.69, 9.17) is 23.2 Å². The van der Waals surface area contributed by atoms with Crippen LogP contribution in [0.3, 0.4) is 0 Å². The van der Waals surface area contributed by atoms with Crippen molar-refractivity contribution in [2.24, 2.45) is 0 Å². The number of carbonyl (C=O) groups is 1. The molecule has 1 N–H and O–H groups in total. The van der Waals surface area contributed by atoms with E-state index in [1.165, 1.54) is 11.3 Å². The van der Waals surface area contributed by atoms with E-state index in [0.29, 0.717) is 19.9 Å². The minimum atomic E-state index is -1.05. The van der Waals surface area contributed by atoms with E-state index in [-0.39, 0.29) is 5.69 Å². The summed E-state index contributed by atoms with van der Waals surface area (Å²) < 4.78 is 0. The lowest BCUT2D eigenvalue weighted by Gasteiger charge is -1.98. The molecule has 1 heterocycles. The first-order valence-electron chi connectivity index (χ1n) is 6.30. The molecule has 2 aromatic carbocycles. The molecule has 3 rings (SSSR count). The van der Waals surface area contributed by atoms with Gasteiger partial charge in [-0.15, -0.1) is 11.3 Å². The molecule has 0 unspecified atom stereocenters. The van der Waals surface area contributed by atoms with Crippen molar-refractivity contribution in [1.82, 2.24) is 4.98 Å². The van der Waals surface area contributed by atoms with Crippen LogP contribution in [0.1, 0.15) is 10.5 Å². The Morgan fingerprint density at radius 2 is 1.41 bits per heavy atom. The molecule has 0 aliphatic rings. The first-order valence-corrected chi connectivity index (χ1v) is 7.88. The van der Waals surface area contributed by atoms with Crippen molar-refractivity contribution in [3.63, 3.8) is 0 Å². The minimum Gasteiger partial charge on any atom is -0.476 e. The summed E-state index contributed by atoms with van der Waals surface area (Å²) in [5.74, 6) is -1.05. The highest BCUT2D eigenvalue weighted by Crippen LogP contribution is 2.36. The average molecular weight is 350 g/mol. The summed E-state index contributed by atoms with van der Waals surface area (Å²) in [4.78, 5) is 16.3. The SMILES string of the molecule is O=C(O)c1nc(-c2ccc(Cl)cc2)sc1-c1ccc(Cl)cc1. The van der Waals surface area contributed by atoms with Gasteiger partial charge in [0.1, 0.15) is 5.01 Å². The third-order valence-corrected chi connectivity index (χ3v) is 4.68. The smallest absolute Gasteiger partial charge is 0.356 e. The second-order valence-electron chi connectivity index (χ2n) is 4.52. The molecule has 0 aliphatic heterocycles. The third kappa shape index (κ3) is 2.99. The predicted octanol–water partition coefficient (Wildman–Crippen LogP) is 5.48. The summed E-state index contributed by atoms with van der Waals surface area (Å²) >= 11 is 13.1. The van der Waals surface area contributed by atoms with Gasteiger partial charge in [-0.2, -0.15) is 0 Å². The van der Waals surface area contributed by atoms with E-state index in [2.05, 4.69) is 4.98 Å². The monoisotopic (exact) mass is 349 g/mol. The van der Waals surface area contributed by atoms with Gasteiger partial charge in [0.2, 0.25) is 0 Å². The van der Waals surface area contributed by atoms with Crippen molar-refractivity contribution in [3.05, 3.63) is 64.3 Å². The highest BCUT2D eigenvalue weighted by molar-refractivity contribution is 7.18. The number of halogens is 2. The minimum absolute atomic E-state index is 0.0391. The van der Waals surface area contributed by atoms with Crippen molar-refractivity contribution in [3.8, 4) is 21.0 Å². The van der Waals surface area contributed by atoms with Crippen molar-refractivity contribution in [1.29, 1.82) is 0 Å². The number of nitrogens with zero attached hydrogens (tertiary/aromatic N) is 1. The van der Waals surface area contributed by atoms with Crippen LogP contribution in [0.25, 0.3) is 21.0 Å². The van der Waals surface area contributed by atoms with Gasteiger partial charge in [-0.1, -0.05) is 47.5 Å². The lowest BCUT2D eigenvalue weighted by Crippen LogP contribution is -1.98. The standard InChI is InChI=1S/C16H9Cl2NO2S/c17-11-5-1-9(2-6-11)14-13(16(20)21)19-15(22-14)10-3-7-12(18)8-4-10/h1-8H,(H,20,21). The Bertz CT molecular complexity index is 826. The zero-order chi connectivity index (χ0) is 15.7. The van der Waals surface area contributed by atoms with Gasteiger partial charge < -0.3 is 5.11 Å². The van der Waals surface area contributed by atoms with Crippen LogP contribution in [0.5, 0.6) is 0 Å². The molecule has 3 aromatic rings. The average Bonchev–Trinajstić information content (AvgIpc) is 2.94. The van der Waals surface area contributed by atoms with Crippen LogP contribution in [0.15, 0.2) is 48.5 Å². The van der Waals surface area contributed by atoms with Gasteiger partial charge in [-0.3, -0.25) is 0 Å². The molecule has 0 atom stereocenters. The Labute approximate surface area is 140 Å². The van der Waals surface area contributed by atoms with E-state index < -0.39 is 5.97 Å². The van der Waals surface area contributed by atoms with E-state index in [9.17, 15) is 9.90 Å². The molecule has 110 valence electrons. The molecule has 1 aromatic heterocycles. The van der Waals surface area contributed by atoms with Crippen molar-refractivity contribution < 1.29 is 9.90 Å². The summed E-state index contributed by atoms with van der Waals surface area (Å²) in [6.45, 7) is 0. The van der Waals surface area contributed by atoms with Crippen LogP contribution in [-0.2, 0) is 0 Å². The molecule has 0 aliphatic carbocycles. The number of carboxylic acids is 1. The van der Waals surface area contributed by atoms with Crippen LogP contribution in [0.4, 0.5) is 0 Å². The molecular weight excluding hydrogens is 341 g/mol. The summed E-state index contributed by atoms with van der Waals surface area (Å²) in [6, 6.07) is 14.2. The second-order valence-corrected chi connectivity index (χ2v) is 6.39. The molecule has 6 heteroatoms. The van der Waals surface area contributed by atoms with Crippen molar-refractivity contribution in [2.75, 3.05) is 0 Å². The zero-order valence-corrected chi connectivity index (χ0v) is 13.4. The molecule has 0 fully saturated rings. The highest BCUT2D eigenvalue weighted by atomic mass is 35.5. The van der Waals surface area contributed by atoms with Gasteiger partial charge >= 0.3 is 5.97 Å². The van der Waals surface area contributed by atoms with E-state index in [0.717, 1.165) is 11.1 Å². The Hall–Kier alpha value is -1.88. The number of carboxylic acid groups (broad SMARTS) is 1. The first-order chi connectivity index (χ1) is 10.5. The lowest BCUT2D eigenvalue weighted by molar-refractivity contribution is 0.0692. The Kier molecular flexibility index (Phi) is 4.16. The number of hydrogen-bond donors (Lipinski definition) is 1. The number of hydrogen-bond acceptors (Lipinski definition) is 3. The van der Waals surface area contributed by atoms with Gasteiger partial charge in [-0.25, -0.2) is 9.78 Å². The molecule has 0 amide bonds. The van der Waals surface area contributed by atoms with E-state index in [1.807, 2.05) is 12.1 Å². The summed E-state index contributed by atoms with van der Waals surface area (Å²) in [7, 11) is 0. The normalized spacial score (nSPS) is 10.6. The quantitative estimate of drug-likeness (QED) is 0.680. The molecule has 0 saturated heterocycles. The van der Waals surface area contributed by atoms with Gasteiger partial charge in [0.25, 0.3) is 0 Å². The molecule has 0 saturated carbocycles. The fraction of sp³-hybridized carbons (Fsp3) is 0. The van der Waals surface area contributed by atoms with Gasteiger partial charge in [-0.05, 0) is 29.8 Å². The Morgan fingerprint density at radius 1 is 0.909 bits per heavy atom. The van der Waals surface area contributed by atoms with Gasteiger partial charge in [0.15, 0.2) is 5.69 Å².